The molecule has 3 aliphatic rings. The van der Waals surface area contributed by atoms with Gasteiger partial charge in [-0.25, -0.2) is 4.98 Å². The highest BCUT2D eigenvalue weighted by Gasteiger charge is 2.44. The molecule has 1 atom stereocenters. The van der Waals surface area contributed by atoms with E-state index in [9.17, 15) is 9.59 Å². The quantitative estimate of drug-likeness (QED) is 0.184. The zero-order chi connectivity index (χ0) is 27.2. The van der Waals surface area contributed by atoms with Crippen molar-refractivity contribution in [3.63, 3.8) is 0 Å². The van der Waals surface area contributed by atoms with Gasteiger partial charge in [-0.1, -0.05) is 66.9 Å². The molecule has 6 rings (SSSR count). The maximum atomic E-state index is 14.7. The van der Waals surface area contributed by atoms with Crippen molar-refractivity contribution in [2.75, 3.05) is 12.4 Å². The predicted octanol–water partition coefficient (Wildman–Crippen LogP) is 7.43. The molecule has 39 heavy (non-hydrogen) atoms. The van der Waals surface area contributed by atoms with Crippen LogP contribution in [0.5, 0.6) is 0 Å². The van der Waals surface area contributed by atoms with E-state index in [1.165, 1.54) is 23.7 Å². The van der Waals surface area contributed by atoms with Gasteiger partial charge in [0.1, 0.15) is 0 Å². The highest BCUT2D eigenvalue weighted by molar-refractivity contribution is 7.99. The van der Waals surface area contributed by atoms with Gasteiger partial charge in [-0.3, -0.25) is 14.2 Å². The van der Waals surface area contributed by atoms with Crippen molar-refractivity contribution >= 4 is 29.1 Å². The average molecular weight is 563 g/mol. The first-order chi connectivity index (χ1) is 18.8. The van der Waals surface area contributed by atoms with Crippen molar-refractivity contribution in [2.45, 2.75) is 87.4 Å². The number of carbonyl (C=O) groups excluding carboxylic acids is 1. The summed E-state index contributed by atoms with van der Waals surface area (Å²) < 4.78 is 7.96. The zero-order valence-corrected chi connectivity index (χ0v) is 24.2. The van der Waals surface area contributed by atoms with Gasteiger partial charge in [-0.15, -0.1) is 0 Å². The molecule has 2 fully saturated rings. The van der Waals surface area contributed by atoms with Crippen LogP contribution in [0.25, 0.3) is 11.3 Å². The molecule has 1 spiro atoms. The second-order valence-electron chi connectivity index (χ2n) is 11.9. The molecule has 0 N–H and O–H groups in total. The molecule has 1 saturated heterocycles. The summed E-state index contributed by atoms with van der Waals surface area (Å²) in [5, 5.41) is 1.23. The number of thioether (sulfide) groups is 1. The highest BCUT2D eigenvalue weighted by Crippen LogP contribution is 2.49. The number of rotatable bonds is 5. The van der Waals surface area contributed by atoms with E-state index in [-0.39, 0.29) is 34.2 Å². The Hall–Kier alpha value is -2.41. The van der Waals surface area contributed by atoms with Crippen LogP contribution >= 0.6 is 23.4 Å². The summed E-state index contributed by atoms with van der Waals surface area (Å²) in [6.45, 7) is 4.78. The molecule has 3 aromatic rings. The van der Waals surface area contributed by atoms with Gasteiger partial charge < -0.3 is 4.74 Å². The number of benzene rings is 2. The summed E-state index contributed by atoms with van der Waals surface area (Å²) >= 11 is 7.41. The van der Waals surface area contributed by atoms with Crippen LogP contribution in [0.15, 0.2) is 58.5 Å². The molecule has 1 aromatic heterocycles. The highest BCUT2D eigenvalue weighted by atomic mass is 35.5. The van der Waals surface area contributed by atoms with Crippen molar-refractivity contribution in [2.24, 2.45) is 0 Å². The standard InChI is InChI=1S/C32H35ClN2O3S/c1-31(2)19-24(14-17-38-31)35-29(37)27-28(34-30(35)39-20-26(36)21-10-12-23(33)13-11-21)25-9-5-4-8-22(25)18-32(27)15-6-3-7-16-32/h4-5,8-13,24H,3,6-7,14-20H2,1-2H3. The summed E-state index contributed by atoms with van der Waals surface area (Å²) in [5.74, 6) is 0.193. The number of aromatic nitrogens is 2. The van der Waals surface area contributed by atoms with E-state index in [1.807, 2.05) is 10.6 Å². The van der Waals surface area contributed by atoms with Crippen LogP contribution < -0.4 is 5.56 Å². The Kier molecular flexibility index (Phi) is 7.23. The zero-order valence-electron chi connectivity index (χ0n) is 22.7. The minimum absolute atomic E-state index is 0.00774. The monoisotopic (exact) mass is 562 g/mol. The molecule has 1 aliphatic heterocycles. The fourth-order valence-electron chi connectivity index (χ4n) is 6.89. The minimum atomic E-state index is -0.325. The van der Waals surface area contributed by atoms with Crippen molar-refractivity contribution in [1.82, 2.24) is 9.55 Å². The van der Waals surface area contributed by atoms with E-state index in [4.69, 9.17) is 21.3 Å². The van der Waals surface area contributed by atoms with E-state index in [0.29, 0.717) is 22.3 Å². The number of hydrogen-bond acceptors (Lipinski definition) is 5. The van der Waals surface area contributed by atoms with E-state index < -0.39 is 0 Å². The topological polar surface area (TPSA) is 61.2 Å². The van der Waals surface area contributed by atoms with E-state index in [0.717, 1.165) is 61.8 Å². The Morgan fingerprint density at radius 3 is 2.59 bits per heavy atom. The van der Waals surface area contributed by atoms with Crippen molar-refractivity contribution in [3.05, 3.63) is 80.6 Å². The van der Waals surface area contributed by atoms with Crippen LogP contribution in [0.4, 0.5) is 0 Å². The SMILES string of the molecule is CC1(C)CC(n2c(SCC(=O)c3ccc(Cl)cc3)nc3c(c2=O)C2(CCCCC2)Cc2ccccc2-3)CCO1. The summed E-state index contributed by atoms with van der Waals surface area (Å²) in [7, 11) is 0. The number of halogens is 1. The van der Waals surface area contributed by atoms with Crippen LogP contribution in [-0.2, 0) is 16.6 Å². The Bertz CT molecular complexity index is 1460. The molecule has 5 nitrogen and oxygen atoms in total. The van der Waals surface area contributed by atoms with Gasteiger partial charge in [0.2, 0.25) is 0 Å². The first-order valence-corrected chi connectivity index (χ1v) is 15.4. The molecule has 1 unspecified atom stereocenters. The first kappa shape index (κ1) is 26.8. The first-order valence-electron chi connectivity index (χ1n) is 14.1. The average Bonchev–Trinajstić information content (AvgIpc) is 2.92. The molecule has 2 heterocycles. The number of ketones is 1. The summed E-state index contributed by atoms with van der Waals surface area (Å²) in [6, 6.07) is 15.4. The molecule has 0 radical (unpaired) electrons. The van der Waals surface area contributed by atoms with E-state index in [2.05, 4.69) is 32.0 Å². The fraction of sp³-hybridized carbons (Fsp3) is 0.469. The molecule has 204 valence electrons. The lowest BCUT2D eigenvalue weighted by Gasteiger charge is -2.43. The van der Waals surface area contributed by atoms with Crippen LogP contribution in [0.1, 0.15) is 86.3 Å². The third kappa shape index (κ3) is 5.12. The maximum absolute atomic E-state index is 14.7. The summed E-state index contributed by atoms with van der Waals surface area (Å²) in [6.07, 6.45) is 7.91. The fourth-order valence-corrected chi connectivity index (χ4v) is 7.97. The molecule has 1 saturated carbocycles. The molecular formula is C32H35ClN2O3S. The number of fused-ring (bicyclic) bond motifs is 4. The molecule has 7 heteroatoms. The number of nitrogens with zero attached hydrogens (tertiary/aromatic N) is 2. The summed E-state index contributed by atoms with van der Waals surface area (Å²) in [4.78, 5) is 33.2. The van der Waals surface area contributed by atoms with Gasteiger partial charge in [-0.2, -0.15) is 0 Å². The number of ether oxygens (including phenoxy) is 1. The third-order valence-electron chi connectivity index (χ3n) is 8.76. The minimum Gasteiger partial charge on any atom is -0.375 e. The van der Waals surface area contributed by atoms with Crippen LogP contribution in [0, 0.1) is 0 Å². The molecule has 2 aromatic carbocycles. The molecule has 0 amide bonds. The van der Waals surface area contributed by atoms with Crippen LogP contribution in [0.2, 0.25) is 5.02 Å². The second-order valence-corrected chi connectivity index (χ2v) is 13.3. The number of Topliss-reactive ketones (excluding diaryl/α,β-unsaturated/α-hetero) is 1. The van der Waals surface area contributed by atoms with Gasteiger partial charge in [0.15, 0.2) is 10.9 Å². The Morgan fingerprint density at radius 2 is 1.85 bits per heavy atom. The Labute approximate surface area is 239 Å². The normalized spacial score (nSPS) is 21.3. The molecule has 0 bridgehead atoms. The lowest BCUT2D eigenvalue weighted by atomic mass is 9.62. The largest absolute Gasteiger partial charge is 0.375 e. The van der Waals surface area contributed by atoms with Gasteiger partial charge in [0.25, 0.3) is 5.56 Å². The van der Waals surface area contributed by atoms with Gasteiger partial charge >= 0.3 is 0 Å². The number of carbonyl (C=O) groups is 1. The van der Waals surface area contributed by atoms with E-state index >= 15 is 0 Å². The smallest absolute Gasteiger partial charge is 0.258 e. The number of hydrogen-bond donors (Lipinski definition) is 0. The van der Waals surface area contributed by atoms with Gasteiger partial charge in [0, 0.05) is 34.2 Å². The van der Waals surface area contributed by atoms with Crippen molar-refractivity contribution in [1.29, 1.82) is 0 Å². The lowest BCUT2D eigenvalue weighted by molar-refractivity contribution is -0.0710. The molecule has 2 aliphatic carbocycles. The maximum Gasteiger partial charge on any atom is 0.258 e. The van der Waals surface area contributed by atoms with Gasteiger partial charge in [-0.05, 0) is 75.8 Å². The predicted molar refractivity (Wildman–Crippen MR) is 157 cm³/mol. The second kappa shape index (κ2) is 10.5. The van der Waals surface area contributed by atoms with Crippen molar-refractivity contribution < 1.29 is 9.53 Å². The van der Waals surface area contributed by atoms with Crippen LogP contribution in [0.3, 0.4) is 0 Å². The summed E-state index contributed by atoms with van der Waals surface area (Å²) in [5.41, 5.74) is 4.26. The Balaban J connectivity index is 1.49. The van der Waals surface area contributed by atoms with Gasteiger partial charge in [0.05, 0.1) is 22.6 Å². The molecular weight excluding hydrogens is 528 g/mol. The Morgan fingerprint density at radius 1 is 1.10 bits per heavy atom. The lowest BCUT2D eigenvalue weighted by Crippen LogP contribution is -2.45. The van der Waals surface area contributed by atoms with E-state index in [1.54, 1.807) is 24.3 Å². The van der Waals surface area contributed by atoms with Crippen LogP contribution in [-0.4, -0.2) is 33.3 Å². The van der Waals surface area contributed by atoms with Crippen molar-refractivity contribution in [3.8, 4) is 11.3 Å². The third-order valence-corrected chi connectivity index (χ3v) is 9.96.